The van der Waals surface area contributed by atoms with Crippen molar-refractivity contribution in [2.75, 3.05) is 19.7 Å². The highest BCUT2D eigenvalue weighted by Gasteiger charge is 2.43. The summed E-state index contributed by atoms with van der Waals surface area (Å²) >= 11 is 0. The Morgan fingerprint density at radius 3 is 2.67 bits per heavy atom. The second-order valence-corrected chi connectivity index (χ2v) is 5.68. The second-order valence-electron chi connectivity index (χ2n) is 5.68. The van der Waals surface area contributed by atoms with Crippen molar-refractivity contribution in [1.29, 1.82) is 0 Å². The van der Waals surface area contributed by atoms with Crippen LogP contribution in [-0.2, 0) is 14.3 Å². The van der Waals surface area contributed by atoms with Gasteiger partial charge in [0.05, 0.1) is 12.5 Å². The third-order valence-electron chi connectivity index (χ3n) is 3.41. The standard InChI is InChI=1S/C13H19F3N2O3/c1-12(2)20-8-10(21-12)3-4-11(19)17-18-6-5-9(7-18)13(14,15)16/h3-4,9-10H,5-8H2,1-2H3,(H,17,19)/b4-3+/t9?,10-/m0/s1. The van der Waals surface area contributed by atoms with Gasteiger partial charge in [-0.3, -0.25) is 10.2 Å². The summed E-state index contributed by atoms with van der Waals surface area (Å²) in [7, 11) is 0. The molecule has 0 saturated carbocycles. The van der Waals surface area contributed by atoms with E-state index in [1.54, 1.807) is 19.9 Å². The molecule has 8 heteroatoms. The quantitative estimate of drug-likeness (QED) is 0.805. The first-order valence-corrected chi connectivity index (χ1v) is 6.78. The topological polar surface area (TPSA) is 50.8 Å². The number of carbonyl (C=O) groups is 1. The van der Waals surface area contributed by atoms with Gasteiger partial charge < -0.3 is 9.47 Å². The first-order chi connectivity index (χ1) is 9.66. The number of carbonyl (C=O) groups excluding carboxylic acids is 1. The van der Waals surface area contributed by atoms with Gasteiger partial charge in [0.25, 0.3) is 5.91 Å². The van der Waals surface area contributed by atoms with Crippen LogP contribution in [0.25, 0.3) is 0 Å². The molecule has 0 aromatic rings. The number of ether oxygens (including phenoxy) is 2. The van der Waals surface area contributed by atoms with Gasteiger partial charge in [0.15, 0.2) is 5.79 Å². The number of hydrogen-bond acceptors (Lipinski definition) is 4. The van der Waals surface area contributed by atoms with Crippen molar-refractivity contribution in [2.45, 2.75) is 38.3 Å². The molecule has 2 aliphatic heterocycles. The summed E-state index contributed by atoms with van der Waals surface area (Å²) in [6, 6.07) is 0. The maximum Gasteiger partial charge on any atom is 0.393 e. The van der Waals surface area contributed by atoms with Crippen molar-refractivity contribution in [3.8, 4) is 0 Å². The highest BCUT2D eigenvalue weighted by atomic mass is 19.4. The molecule has 2 fully saturated rings. The lowest BCUT2D eigenvalue weighted by Gasteiger charge is -2.18. The Kier molecular flexibility index (Phi) is 4.60. The number of nitrogens with zero attached hydrogens (tertiary/aromatic N) is 1. The van der Waals surface area contributed by atoms with Crippen LogP contribution in [0, 0.1) is 5.92 Å². The first-order valence-electron chi connectivity index (χ1n) is 6.78. The Hall–Kier alpha value is -1.12. The van der Waals surface area contributed by atoms with Gasteiger partial charge in [-0.2, -0.15) is 13.2 Å². The van der Waals surface area contributed by atoms with E-state index in [4.69, 9.17) is 9.47 Å². The van der Waals surface area contributed by atoms with Crippen molar-refractivity contribution in [3.05, 3.63) is 12.2 Å². The highest BCUT2D eigenvalue weighted by molar-refractivity contribution is 5.87. The van der Waals surface area contributed by atoms with Crippen LogP contribution < -0.4 is 5.43 Å². The lowest BCUT2D eigenvalue weighted by atomic mass is 10.1. The number of rotatable bonds is 3. The number of nitrogens with one attached hydrogen (secondary N) is 1. The monoisotopic (exact) mass is 308 g/mol. The van der Waals surface area contributed by atoms with Gasteiger partial charge in [0.2, 0.25) is 0 Å². The van der Waals surface area contributed by atoms with Crippen LogP contribution in [0.4, 0.5) is 13.2 Å². The third-order valence-corrected chi connectivity index (χ3v) is 3.41. The summed E-state index contributed by atoms with van der Waals surface area (Å²) in [4.78, 5) is 11.7. The molecule has 0 radical (unpaired) electrons. The summed E-state index contributed by atoms with van der Waals surface area (Å²) in [5.74, 6) is -2.53. The van der Waals surface area contributed by atoms with Gasteiger partial charge in [-0.05, 0) is 26.3 Å². The fourth-order valence-electron chi connectivity index (χ4n) is 2.33. The minimum absolute atomic E-state index is 0.00125. The molecule has 1 unspecified atom stereocenters. The zero-order valence-corrected chi connectivity index (χ0v) is 11.9. The fourth-order valence-corrected chi connectivity index (χ4v) is 2.33. The van der Waals surface area contributed by atoms with Crippen molar-refractivity contribution in [2.24, 2.45) is 5.92 Å². The van der Waals surface area contributed by atoms with E-state index < -0.39 is 23.8 Å². The molecule has 0 aromatic heterocycles. The summed E-state index contributed by atoms with van der Waals surface area (Å²) in [5.41, 5.74) is 2.44. The molecule has 2 atom stereocenters. The first kappa shape index (κ1) is 16.3. The normalized spacial score (nSPS) is 30.1. The van der Waals surface area contributed by atoms with E-state index in [2.05, 4.69) is 5.43 Å². The number of hydrogen-bond donors (Lipinski definition) is 1. The Morgan fingerprint density at radius 1 is 1.43 bits per heavy atom. The van der Waals surface area contributed by atoms with Gasteiger partial charge in [0.1, 0.15) is 6.10 Å². The van der Waals surface area contributed by atoms with Gasteiger partial charge >= 0.3 is 6.18 Å². The predicted octanol–water partition coefficient (Wildman–Crippen LogP) is 1.61. The molecule has 0 bridgehead atoms. The molecule has 1 N–H and O–H groups in total. The van der Waals surface area contributed by atoms with Gasteiger partial charge in [-0.1, -0.05) is 0 Å². The SMILES string of the molecule is CC1(C)OC[C@H](/C=C/C(=O)NN2CCC(C(F)(F)F)C2)O1. The predicted molar refractivity (Wildman–Crippen MR) is 67.9 cm³/mol. The minimum Gasteiger partial charge on any atom is -0.347 e. The molecule has 2 rings (SSSR count). The number of hydrazine groups is 1. The van der Waals surface area contributed by atoms with Gasteiger partial charge in [-0.25, -0.2) is 5.01 Å². The van der Waals surface area contributed by atoms with Crippen LogP contribution >= 0.6 is 0 Å². The maximum atomic E-state index is 12.5. The van der Waals surface area contributed by atoms with E-state index >= 15 is 0 Å². The Morgan fingerprint density at radius 2 is 2.14 bits per heavy atom. The molecular weight excluding hydrogens is 289 g/mol. The van der Waals surface area contributed by atoms with Crippen LogP contribution in [0.15, 0.2) is 12.2 Å². The van der Waals surface area contributed by atoms with E-state index in [0.717, 1.165) is 0 Å². The number of halogens is 3. The summed E-state index contributed by atoms with van der Waals surface area (Å²) in [6.07, 6.45) is -1.73. The van der Waals surface area contributed by atoms with E-state index in [1.807, 2.05) is 0 Å². The second kappa shape index (κ2) is 5.94. The van der Waals surface area contributed by atoms with Crippen LogP contribution in [-0.4, -0.2) is 48.7 Å². The molecule has 0 aliphatic carbocycles. The van der Waals surface area contributed by atoms with Crippen molar-refractivity contribution >= 4 is 5.91 Å². The van der Waals surface area contributed by atoms with Crippen molar-refractivity contribution < 1.29 is 27.4 Å². The average Bonchev–Trinajstić information content (AvgIpc) is 2.92. The lowest BCUT2D eigenvalue weighted by Crippen LogP contribution is -2.40. The van der Waals surface area contributed by atoms with Crippen molar-refractivity contribution in [1.82, 2.24) is 10.4 Å². The summed E-state index contributed by atoms with van der Waals surface area (Å²) in [5, 5.41) is 1.29. The Bertz CT molecular complexity index is 423. The highest BCUT2D eigenvalue weighted by Crippen LogP contribution is 2.32. The minimum atomic E-state index is -4.21. The lowest BCUT2D eigenvalue weighted by molar-refractivity contribution is -0.171. The summed E-state index contributed by atoms with van der Waals surface area (Å²) in [6.45, 7) is 3.86. The van der Waals surface area contributed by atoms with Crippen LogP contribution in [0.1, 0.15) is 20.3 Å². The van der Waals surface area contributed by atoms with Gasteiger partial charge in [-0.15, -0.1) is 0 Å². The molecule has 5 nitrogen and oxygen atoms in total. The molecular formula is C13H19F3N2O3. The van der Waals surface area contributed by atoms with E-state index in [9.17, 15) is 18.0 Å². The molecule has 1 amide bonds. The molecule has 2 aliphatic rings. The van der Waals surface area contributed by atoms with E-state index in [0.29, 0.717) is 6.61 Å². The zero-order valence-electron chi connectivity index (χ0n) is 11.9. The third kappa shape index (κ3) is 4.69. The van der Waals surface area contributed by atoms with E-state index in [-0.39, 0.29) is 25.6 Å². The van der Waals surface area contributed by atoms with Crippen LogP contribution in [0.2, 0.25) is 0 Å². The van der Waals surface area contributed by atoms with E-state index in [1.165, 1.54) is 11.1 Å². The Labute approximate surface area is 121 Å². The van der Waals surface area contributed by atoms with Gasteiger partial charge in [0, 0.05) is 19.2 Å². The smallest absolute Gasteiger partial charge is 0.347 e. The number of alkyl halides is 3. The van der Waals surface area contributed by atoms with Crippen LogP contribution in [0.3, 0.4) is 0 Å². The van der Waals surface area contributed by atoms with Crippen molar-refractivity contribution in [3.63, 3.8) is 0 Å². The summed E-state index contributed by atoms with van der Waals surface area (Å²) < 4.78 is 48.3. The maximum absolute atomic E-state index is 12.5. The Balaban J connectivity index is 1.76. The molecule has 21 heavy (non-hydrogen) atoms. The molecule has 2 saturated heterocycles. The largest absolute Gasteiger partial charge is 0.393 e. The molecule has 120 valence electrons. The molecule has 2 heterocycles. The number of amides is 1. The molecule has 0 aromatic carbocycles. The van der Waals surface area contributed by atoms with Crippen LogP contribution in [0.5, 0.6) is 0 Å². The molecule has 0 spiro atoms. The fraction of sp³-hybridized carbons (Fsp3) is 0.769. The zero-order chi connectivity index (χ0) is 15.7. The average molecular weight is 308 g/mol.